The lowest BCUT2D eigenvalue weighted by Crippen LogP contribution is -2.03. The molecule has 0 bridgehead atoms. The van der Waals surface area contributed by atoms with E-state index in [1.165, 1.54) is 76.3 Å². The van der Waals surface area contributed by atoms with Gasteiger partial charge in [0.25, 0.3) is 0 Å². The maximum absolute atomic E-state index is 9.81. The quantitative estimate of drug-likeness (QED) is 0.0977. The molecule has 198 valence electrons. The second-order valence-corrected chi connectivity index (χ2v) is 4.96. The van der Waals surface area contributed by atoms with Crippen molar-refractivity contribution in [1.82, 2.24) is 4.91 Å². The number of nitrogens with one attached hydrogen (secondary N) is 1. The number of ether oxygens (including phenoxy) is 1. The summed E-state index contributed by atoms with van der Waals surface area (Å²) in [7, 11) is 1.45. The van der Waals surface area contributed by atoms with Gasteiger partial charge in [0.1, 0.15) is 41.3 Å². The number of primary amides is 1. The molecule has 0 saturated carbocycles. The number of carbonyl (C=O) groups is 7. The molecule has 0 atom stereocenters. The average molecular weight is 492 g/mol. The summed E-state index contributed by atoms with van der Waals surface area (Å²) < 4.78 is 3.97. The third kappa shape index (κ3) is 24900. The second-order valence-electron chi connectivity index (χ2n) is 4.96. The number of rotatable bonds is 0. The van der Waals surface area contributed by atoms with Gasteiger partial charge in [-0.3, -0.25) is 14.4 Å². The number of Topliss-reactive ketones (excluding diaryl/α,β-unsaturated/α-hetero) is 3. The fraction of sp³-hybridized carbons (Fsp3) is 0.500. The lowest BCUT2D eigenvalue weighted by molar-refractivity contribution is -0.156. The Morgan fingerprint density at radius 3 is 0.882 bits per heavy atom. The molecule has 0 aromatic rings. The molecule has 1 amide bonds. The first kappa shape index (κ1) is 57.2. The second kappa shape index (κ2) is 70.2. The van der Waals surface area contributed by atoms with Crippen LogP contribution in [-0.2, 0) is 38.3 Å². The highest BCUT2D eigenvalue weighted by atomic mass is 16.6. The van der Waals surface area contributed by atoms with Gasteiger partial charge in [-0.25, -0.2) is 0 Å². The molecule has 0 aliphatic rings. The summed E-state index contributed by atoms with van der Waals surface area (Å²) in [4.78, 5) is 68.6. The van der Waals surface area contributed by atoms with Crippen molar-refractivity contribution in [3.63, 3.8) is 0 Å². The molecule has 0 aromatic heterocycles. The molecule has 0 aliphatic carbocycles. The summed E-state index contributed by atoms with van der Waals surface area (Å²) in [5, 5.41) is 3.03. The zero-order valence-electron chi connectivity index (χ0n) is 22.4. The van der Waals surface area contributed by atoms with Crippen molar-refractivity contribution in [2.24, 2.45) is 10.8 Å². The van der Waals surface area contributed by atoms with Crippen LogP contribution in [0.3, 0.4) is 0 Å². The van der Waals surface area contributed by atoms with Crippen molar-refractivity contribution in [1.29, 1.82) is 5.53 Å². The lowest BCUT2D eigenvalue weighted by atomic mass is 10.6. The van der Waals surface area contributed by atoms with Crippen molar-refractivity contribution < 1.29 is 38.3 Å². The first-order valence-corrected chi connectivity index (χ1v) is 8.94. The molecule has 0 heterocycles. The monoisotopic (exact) mass is 491 g/mol. The van der Waals surface area contributed by atoms with E-state index in [-0.39, 0.29) is 23.3 Å². The van der Waals surface area contributed by atoms with Crippen LogP contribution >= 0.6 is 0 Å². The van der Waals surface area contributed by atoms with Gasteiger partial charge in [0, 0.05) is 20.8 Å². The highest BCUT2D eigenvalue weighted by Crippen LogP contribution is 1.73. The Kier molecular flexibility index (Phi) is 118. The number of nitrogens with zero attached hydrogens (tertiary/aromatic N) is 2. The van der Waals surface area contributed by atoms with Gasteiger partial charge >= 0.3 is 11.9 Å². The van der Waals surface area contributed by atoms with E-state index in [0.29, 0.717) is 0 Å². The van der Waals surface area contributed by atoms with Crippen LogP contribution in [0.5, 0.6) is 0 Å². The Labute approximate surface area is 203 Å². The zero-order valence-corrected chi connectivity index (χ0v) is 22.4. The number of terminal acetylenes is 1. The van der Waals surface area contributed by atoms with Gasteiger partial charge in [-0.2, -0.15) is 0 Å². The maximum atomic E-state index is 9.81. The first-order chi connectivity index (χ1) is 15.4. The SMILES string of the molecule is C#C.C=C.CC(=O)OC(C)=O.CC(C)=O.CC(C)=O.CC(C)=O.CC(N)=O.CC=O.CN=[N+]=N. The Morgan fingerprint density at radius 1 is 0.794 bits per heavy atom. The van der Waals surface area contributed by atoms with Crippen LogP contribution in [0.25, 0.3) is 0 Å². The Balaban J connectivity index is -0.0000000303. The molecule has 0 fully saturated rings. The van der Waals surface area contributed by atoms with Crippen molar-refractivity contribution >= 4 is 41.5 Å². The summed E-state index contributed by atoms with van der Waals surface area (Å²) in [6.07, 6.45) is 8.75. The molecule has 0 saturated heterocycles. The average Bonchev–Trinajstić information content (AvgIpc) is 2.63. The Morgan fingerprint density at radius 2 is 0.882 bits per heavy atom. The number of hydrogen-bond acceptors (Lipinski definition) is 10. The maximum Gasteiger partial charge on any atom is 0.310 e. The van der Waals surface area contributed by atoms with E-state index >= 15 is 0 Å². The summed E-state index contributed by atoms with van der Waals surface area (Å²) in [6.45, 7) is 20.3. The highest BCUT2D eigenvalue weighted by Gasteiger charge is 1.93. The van der Waals surface area contributed by atoms with Crippen LogP contribution in [0.4, 0.5) is 0 Å². The van der Waals surface area contributed by atoms with Crippen LogP contribution in [0, 0.1) is 18.4 Å². The van der Waals surface area contributed by atoms with Gasteiger partial charge in [-0.05, 0) is 48.5 Å². The molecule has 12 heteroatoms. The summed E-state index contributed by atoms with van der Waals surface area (Å²) in [6, 6.07) is 0. The van der Waals surface area contributed by atoms with Crippen LogP contribution in [0.15, 0.2) is 18.3 Å². The largest absolute Gasteiger partial charge is 0.394 e. The Bertz CT molecular complexity index is 519. The van der Waals surface area contributed by atoms with Gasteiger partial charge in [-0.15, -0.1) is 26.0 Å². The van der Waals surface area contributed by atoms with Gasteiger partial charge in [-0.1, -0.05) is 0 Å². The minimum absolute atomic E-state index is 0.167. The predicted molar refractivity (Wildman–Crippen MR) is 132 cm³/mol. The molecule has 0 spiro atoms. The Hall–Kier alpha value is -4.10. The van der Waals surface area contributed by atoms with E-state index < -0.39 is 11.9 Å². The van der Waals surface area contributed by atoms with Gasteiger partial charge in [0.2, 0.25) is 10.8 Å². The summed E-state index contributed by atoms with van der Waals surface area (Å²) >= 11 is 0. The van der Waals surface area contributed by atoms with Gasteiger partial charge in [0.05, 0.1) is 0 Å². The highest BCUT2D eigenvalue weighted by molar-refractivity contribution is 5.82. The number of amides is 1. The normalized spacial score (nSPS) is 5.68. The van der Waals surface area contributed by atoms with Gasteiger partial charge in [0.15, 0.2) is 0 Å². The van der Waals surface area contributed by atoms with Crippen LogP contribution in [0.1, 0.15) is 69.2 Å². The van der Waals surface area contributed by atoms with E-state index in [0.717, 1.165) is 6.29 Å². The standard InChI is InChI=1S/C4H6O3.3C3H6O.C2H5NO.C2H4O.C2H4.C2H2.CH4N3/c1-3(5)7-4(2)6;3*1-3(2)4;1-2(3)4;1-2-3;2*1-2;1-3-4-2/h1-2H3;3*1-2H3;1H3,(H2,3,4);2H,1H3;1-2H2;1-2H;2H,1H3/q;;;;;;;;+1. The minimum Gasteiger partial charge on any atom is -0.394 e. The molecule has 0 aromatic carbocycles. The number of aldehydes is 1. The van der Waals surface area contributed by atoms with Crippen LogP contribution in [0.2, 0.25) is 0 Å². The fourth-order valence-corrected chi connectivity index (χ4v) is 0.202. The van der Waals surface area contributed by atoms with E-state index in [1.54, 1.807) is 0 Å². The number of ketones is 3. The molecule has 12 nitrogen and oxygen atoms in total. The molecule has 3 N–H and O–H groups in total. The zero-order chi connectivity index (χ0) is 30.3. The predicted octanol–water partition coefficient (Wildman–Crippen LogP) is 2.80. The number of carbonyl (C=O) groups excluding carboxylic acids is 7. The molecule has 0 rings (SSSR count). The fourth-order valence-electron chi connectivity index (χ4n) is 0.202. The van der Waals surface area contributed by atoms with Crippen molar-refractivity contribution in [3.8, 4) is 12.8 Å². The lowest BCUT2D eigenvalue weighted by Gasteiger charge is -1.87. The number of hydrogen-bond donors (Lipinski definition) is 2. The topological polar surface area (TPSA) is 205 Å². The molecule has 0 radical (unpaired) electrons. The smallest absolute Gasteiger partial charge is 0.310 e. The van der Waals surface area contributed by atoms with Crippen molar-refractivity contribution in [2.45, 2.75) is 69.2 Å². The van der Waals surface area contributed by atoms with Gasteiger partial charge < -0.3 is 29.6 Å². The van der Waals surface area contributed by atoms with E-state index in [9.17, 15) is 28.8 Å². The van der Waals surface area contributed by atoms with E-state index in [1.807, 2.05) is 0 Å². The van der Waals surface area contributed by atoms with Crippen molar-refractivity contribution in [3.05, 3.63) is 13.2 Å². The number of nitrogens with two attached hydrogens (primary N) is 1. The molecule has 0 aliphatic heterocycles. The molecule has 0 unspecified atom stereocenters. The minimum atomic E-state index is -0.562. The summed E-state index contributed by atoms with van der Waals surface area (Å²) in [5.74, 6) is -0.958. The molecular weight excluding hydrogens is 448 g/mol. The third-order valence-corrected chi connectivity index (χ3v) is 0.387. The van der Waals surface area contributed by atoms with Crippen molar-refractivity contribution in [2.75, 3.05) is 7.05 Å². The molecular formula is C22H43N4O8+. The van der Waals surface area contributed by atoms with Crippen LogP contribution in [-0.4, -0.2) is 48.5 Å². The number of esters is 2. The molecule has 34 heavy (non-hydrogen) atoms. The summed E-state index contributed by atoms with van der Waals surface area (Å²) in [5.41, 5.74) is 10.4. The first-order valence-electron chi connectivity index (χ1n) is 8.94. The van der Waals surface area contributed by atoms with E-state index in [4.69, 9.17) is 10.3 Å². The van der Waals surface area contributed by atoms with E-state index in [2.05, 4.69) is 46.5 Å². The third-order valence-electron chi connectivity index (χ3n) is 0.387. The van der Waals surface area contributed by atoms with Crippen LogP contribution < -0.4 is 10.6 Å².